The maximum absolute atomic E-state index is 8.69. The zero-order chi connectivity index (χ0) is 12.1. The smallest absolute Gasteiger partial charge is 0.239 e. The number of nitrogen functional groups attached to an aromatic ring is 1. The highest BCUT2D eigenvalue weighted by atomic mass is 16.5. The number of nitrogens with one attached hydrogen (secondary N) is 1. The van der Waals surface area contributed by atoms with Crippen molar-refractivity contribution in [2.45, 2.75) is 19.3 Å². The van der Waals surface area contributed by atoms with Gasteiger partial charge in [0.25, 0.3) is 0 Å². The molecule has 1 heterocycles. The van der Waals surface area contributed by atoms with Crippen LogP contribution in [0, 0.1) is 5.92 Å². The number of nitrogens with two attached hydrogens (primary N) is 1. The van der Waals surface area contributed by atoms with E-state index in [-0.39, 0.29) is 6.61 Å². The molecule has 1 fully saturated rings. The van der Waals surface area contributed by atoms with E-state index in [0.717, 1.165) is 5.82 Å². The molecule has 5 nitrogen and oxygen atoms in total. The lowest BCUT2D eigenvalue weighted by Gasteiger charge is -2.10. The number of aliphatic hydroxyl groups excluding tert-OH is 1. The number of rotatable bonds is 7. The van der Waals surface area contributed by atoms with Crippen LogP contribution in [-0.2, 0) is 0 Å². The fourth-order valence-electron chi connectivity index (χ4n) is 1.44. The van der Waals surface area contributed by atoms with Gasteiger partial charge in [0.05, 0.1) is 12.3 Å². The third-order valence-corrected chi connectivity index (χ3v) is 2.68. The van der Waals surface area contributed by atoms with Crippen LogP contribution in [0.4, 0.5) is 11.5 Å². The van der Waals surface area contributed by atoms with Crippen LogP contribution >= 0.6 is 0 Å². The van der Waals surface area contributed by atoms with Crippen molar-refractivity contribution < 1.29 is 9.84 Å². The number of nitrogens with zero attached hydrogens (tertiary/aromatic N) is 1. The second-order valence-electron chi connectivity index (χ2n) is 4.35. The largest absolute Gasteiger partial charge is 0.476 e. The number of anilines is 2. The van der Waals surface area contributed by atoms with Gasteiger partial charge in [-0.2, -0.15) is 4.98 Å². The van der Waals surface area contributed by atoms with E-state index >= 15 is 0 Å². The van der Waals surface area contributed by atoms with E-state index in [2.05, 4.69) is 10.3 Å². The normalized spacial score (nSPS) is 14.6. The van der Waals surface area contributed by atoms with Crippen LogP contribution in [0.15, 0.2) is 12.1 Å². The molecule has 0 saturated heterocycles. The molecule has 1 aromatic rings. The summed E-state index contributed by atoms with van der Waals surface area (Å²) in [5, 5.41) is 11.8. The Labute approximate surface area is 101 Å². The molecule has 1 aromatic heterocycles. The molecule has 0 aromatic carbocycles. The molecule has 0 amide bonds. The van der Waals surface area contributed by atoms with Crippen molar-refractivity contribution in [1.82, 2.24) is 4.98 Å². The summed E-state index contributed by atoms with van der Waals surface area (Å²) in [4.78, 5) is 4.30. The number of ether oxygens (including phenoxy) is 1. The fraction of sp³-hybridized carbons (Fsp3) is 0.583. The fourth-order valence-corrected chi connectivity index (χ4v) is 1.44. The van der Waals surface area contributed by atoms with Gasteiger partial charge >= 0.3 is 0 Å². The summed E-state index contributed by atoms with van der Waals surface area (Å²) >= 11 is 0. The van der Waals surface area contributed by atoms with E-state index in [1.165, 1.54) is 12.8 Å². The van der Waals surface area contributed by atoms with E-state index in [1.54, 1.807) is 6.07 Å². The van der Waals surface area contributed by atoms with Crippen LogP contribution in [-0.4, -0.2) is 29.8 Å². The summed E-state index contributed by atoms with van der Waals surface area (Å²) < 4.78 is 5.58. The summed E-state index contributed by atoms with van der Waals surface area (Å²) in [6.07, 6.45) is 3.19. The molecule has 1 aliphatic carbocycles. The van der Waals surface area contributed by atoms with Crippen LogP contribution in [0.3, 0.4) is 0 Å². The maximum Gasteiger partial charge on any atom is 0.239 e. The zero-order valence-electron chi connectivity index (χ0n) is 9.85. The number of aliphatic hydroxyl groups is 1. The van der Waals surface area contributed by atoms with Gasteiger partial charge in [-0.25, -0.2) is 0 Å². The first-order chi connectivity index (χ1) is 8.29. The van der Waals surface area contributed by atoms with Gasteiger partial charge < -0.3 is 20.9 Å². The van der Waals surface area contributed by atoms with Gasteiger partial charge in [-0.15, -0.1) is 0 Å². The summed E-state index contributed by atoms with van der Waals surface area (Å²) in [6.45, 7) is 1.57. The predicted molar refractivity (Wildman–Crippen MR) is 67.1 cm³/mol. The SMILES string of the molecule is Nc1ccc(NCCCO)nc1OCC1CC1. The molecule has 0 unspecified atom stereocenters. The lowest BCUT2D eigenvalue weighted by molar-refractivity contribution is 0.290. The van der Waals surface area contributed by atoms with Crippen molar-refractivity contribution in [3.63, 3.8) is 0 Å². The molecule has 0 spiro atoms. The van der Waals surface area contributed by atoms with Gasteiger partial charge in [0.15, 0.2) is 0 Å². The minimum Gasteiger partial charge on any atom is -0.476 e. The molecule has 1 aliphatic rings. The van der Waals surface area contributed by atoms with E-state index in [0.29, 0.717) is 37.1 Å². The molecule has 0 atom stereocenters. The summed E-state index contributed by atoms with van der Waals surface area (Å²) in [5.74, 6) is 1.92. The minimum atomic E-state index is 0.174. The highest BCUT2D eigenvalue weighted by molar-refractivity contribution is 5.53. The average molecular weight is 237 g/mol. The Morgan fingerprint density at radius 2 is 2.29 bits per heavy atom. The van der Waals surface area contributed by atoms with E-state index in [9.17, 15) is 0 Å². The summed E-state index contributed by atoms with van der Waals surface area (Å²) in [6, 6.07) is 3.60. The zero-order valence-corrected chi connectivity index (χ0v) is 9.85. The van der Waals surface area contributed by atoms with Crippen molar-refractivity contribution in [3.8, 4) is 5.88 Å². The van der Waals surface area contributed by atoms with Gasteiger partial charge in [0.1, 0.15) is 5.82 Å². The van der Waals surface area contributed by atoms with Crippen molar-refractivity contribution >= 4 is 11.5 Å². The highest BCUT2D eigenvalue weighted by Gasteiger charge is 2.22. The highest BCUT2D eigenvalue weighted by Crippen LogP contribution is 2.30. The Bertz CT molecular complexity index is 367. The van der Waals surface area contributed by atoms with Crippen LogP contribution in [0.1, 0.15) is 19.3 Å². The molecule has 5 heteroatoms. The van der Waals surface area contributed by atoms with Crippen LogP contribution in [0.25, 0.3) is 0 Å². The second kappa shape index (κ2) is 5.72. The van der Waals surface area contributed by atoms with Crippen LogP contribution in [0.2, 0.25) is 0 Å². The number of aromatic nitrogens is 1. The molecule has 94 valence electrons. The molecule has 17 heavy (non-hydrogen) atoms. The Morgan fingerprint density at radius 1 is 1.47 bits per heavy atom. The predicted octanol–water partition coefficient (Wildman–Crippen LogP) is 1.25. The molecular formula is C12H19N3O2. The minimum absolute atomic E-state index is 0.174. The van der Waals surface area contributed by atoms with Crippen molar-refractivity contribution in [2.75, 3.05) is 30.8 Å². The molecule has 0 bridgehead atoms. The molecule has 1 saturated carbocycles. The average Bonchev–Trinajstić information content (AvgIpc) is 3.14. The van der Waals surface area contributed by atoms with Crippen LogP contribution in [0.5, 0.6) is 5.88 Å². The van der Waals surface area contributed by atoms with Gasteiger partial charge in [-0.1, -0.05) is 0 Å². The number of pyridine rings is 1. The first-order valence-corrected chi connectivity index (χ1v) is 6.03. The Kier molecular flexibility index (Phi) is 4.03. The lowest BCUT2D eigenvalue weighted by atomic mass is 10.3. The van der Waals surface area contributed by atoms with Crippen molar-refractivity contribution in [1.29, 1.82) is 0 Å². The molecule has 4 N–H and O–H groups in total. The van der Waals surface area contributed by atoms with Crippen molar-refractivity contribution in [2.24, 2.45) is 5.92 Å². The van der Waals surface area contributed by atoms with Gasteiger partial charge in [0, 0.05) is 13.2 Å². The number of hydrogen-bond donors (Lipinski definition) is 3. The van der Waals surface area contributed by atoms with Gasteiger partial charge in [-0.3, -0.25) is 0 Å². The van der Waals surface area contributed by atoms with E-state index < -0.39 is 0 Å². The van der Waals surface area contributed by atoms with Gasteiger partial charge in [0.2, 0.25) is 5.88 Å². The summed E-state index contributed by atoms with van der Waals surface area (Å²) in [5.41, 5.74) is 6.36. The second-order valence-corrected chi connectivity index (χ2v) is 4.35. The first-order valence-electron chi connectivity index (χ1n) is 6.03. The topological polar surface area (TPSA) is 80.4 Å². The number of hydrogen-bond acceptors (Lipinski definition) is 5. The van der Waals surface area contributed by atoms with Gasteiger partial charge in [-0.05, 0) is 37.3 Å². The third kappa shape index (κ3) is 3.78. The molecular weight excluding hydrogens is 218 g/mol. The lowest BCUT2D eigenvalue weighted by Crippen LogP contribution is -2.08. The molecule has 0 aliphatic heterocycles. The Morgan fingerprint density at radius 3 is 3.00 bits per heavy atom. The molecule has 2 rings (SSSR count). The maximum atomic E-state index is 8.69. The van der Waals surface area contributed by atoms with Crippen molar-refractivity contribution in [3.05, 3.63) is 12.1 Å². The van der Waals surface area contributed by atoms with Crippen LogP contribution < -0.4 is 15.8 Å². The third-order valence-electron chi connectivity index (χ3n) is 2.68. The first kappa shape index (κ1) is 12.0. The monoisotopic (exact) mass is 237 g/mol. The van der Waals surface area contributed by atoms with E-state index in [1.807, 2.05) is 6.07 Å². The standard InChI is InChI=1S/C12H19N3O2/c13-10-4-5-11(14-6-1-7-16)15-12(10)17-8-9-2-3-9/h4-5,9,16H,1-3,6-8,13H2,(H,14,15). The molecule has 0 radical (unpaired) electrons. The Balaban J connectivity index is 1.90. The Hall–Kier alpha value is -1.49. The van der Waals surface area contributed by atoms with E-state index in [4.69, 9.17) is 15.6 Å². The quantitative estimate of drug-likeness (QED) is 0.622. The summed E-state index contributed by atoms with van der Waals surface area (Å²) in [7, 11) is 0.